The first-order chi connectivity index (χ1) is 6.08. The van der Waals surface area contributed by atoms with Gasteiger partial charge in [0.15, 0.2) is 0 Å². The number of carbonyl (C=O) groups is 1. The molecule has 0 aromatic heterocycles. The standard InChI is InChI=1S/C8H16O4Si/c1-5(10-3)7(6(2)11-4)8(9)12-13/h5H,1-4,13H3. The van der Waals surface area contributed by atoms with Crippen molar-refractivity contribution < 1.29 is 18.7 Å². The lowest BCUT2D eigenvalue weighted by atomic mass is 10.1. The molecule has 0 aliphatic rings. The van der Waals surface area contributed by atoms with Crippen LogP contribution in [0.5, 0.6) is 0 Å². The van der Waals surface area contributed by atoms with Gasteiger partial charge in [0.05, 0.1) is 13.2 Å². The van der Waals surface area contributed by atoms with Crippen molar-refractivity contribution in [1.29, 1.82) is 0 Å². The Morgan fingerprint density at radius 1 is 1.38 bits per heavy atom. The van der Waals surface area contributed by atoms with Crippen molar-refractivity contribution in [2.75, 3.05) is 14.2 Å². The normalized spacial score (nSPS) is 14.8. The van der Waals surface area contributed by atoms with E-state index in [-0.39, 0.29) is 12.1 Å². The first-order valence-electron chi connectivity index (χ1n) is 3.94. The Labute approximate surface area is 81.4 Å². The maximum atomic E-state index is 11.3. The summed E-state index contributed by atoms with van der Waals surface area (Å²) in [6.45, 7) is 3.49. The van der Waals surface area contributed by atoms with E-state index in [2.05, 4.69) is 0 Å². The number of allylic oxidation sites excluding steroid dienone is 1. The maximum Gasteiger partial charge on any atom is 0.326 e. The number of hydrogen-bond acceptors (Lipinski definition) is 4. The number of ether oxygens (including phenoxy) is 2. The second kappa shape index (κ2) is 5.77. The van der Waals surface area contributed by atoms with Crippen LogP contribution in [0.25, 0.3) is 0 Å². The average Bonchev–Trinajstić information content (AvgIpc) is 2.16. The Bertz CT molecular complexity index is 212. The average molecular weight is 204 g/mol. The summed E-state index contributed by atoms with van der Waals surface area (Å²) in [7, 11) is 3.42. The van der Waals surface area contributed by atoms with Crippen LogP contribution >= 0.6 is 0 Å². The summed E-state index contributed by atoms with van der Waals surface area (Å²) in [5.41, 5.74) is 0.444. The van der Waals surface area contributed by atoms with Crippen LogP contribution in [0, 0.1) is 0 Å². The zero-order valence-electron chi connectivity index (χ0n) is 8.71. The molecule has 13 heavy (non-hydrogen) atoms. The summed E-state index contributed by atoms with van der Waals surface area (Å²) in [5.74, 6) is 0.176. The van der Waals surface area contributed by atoms with Crippen LogP contribution in [0.3, 0.4) is 0 Å². The quantitative estimate of drug-likeness (QED) is 0.360. The molecule has 0 bridgehead atoms. The summed E-state index contributed by atoms with van der Waals surface area (Å²) in [6, 6.07) is 0. The molecule has 0 saturated carbocycles. The van der Waals surface area contributed by atoms with Gasteiger partial charge in [-0.1, -0.05) is 0 Å². The summed E-state index contributed by atoms with van der Waals surface area (Å²) >= 11 is 0. The molecular formula is C8H16O4Si. The Kier molecular flexibility index (Phi) is 5.41. The molecule has 0 aromatic carbocycles. The van der Waals surface area contributed by atoms with Crippen LogP contribution in [-0.2, 0) is 18.7 Å². The summed E-state index contributed by atoms with van der Waals surface area (Å²) in [6.07, 6.45) is -0.304. The third kappa shape index (κ3) is 3.20. The molecule has 0 saturated heterocycles. The Morgan fingerprint density at radius 3 is 2.23 bits per heavy atom. The molecule has 0 spiro atoms. The van der Waals surface area contributed by atoms with Gasteiger partial charge in [0.1, 0.15) is 11.3 Å². The lowest BCUT2D eigenvalue weighted by Crippen LogP contribution is -2.20. The minimum atomic E-state index is -0.361. The molecule has 0 rings (SSSR count). The predicted molar refractivity (Wildman–Crippen MR) is 52.2 cm³/mol. The van der Waals surface area contributed by atoms with E-state index in [0.717, 1.165) is 0 Å². The molecule has 0 aliphatic carbocycles. The van der Waals surface area contributed by atoms with E-state index in [1.54, 1.807) is 13.8 Å². The molecule has 1 unspecified atom stereocenters. The van der Waals surface area contributed by atoms with Crippen molar-refractivity contribution in [2.24, 2.45) is 0 Å². The van der Waals surface area contributed by atoms with Crippen LogP contribution < -0.4 is 0 Å². The van der Waals surface area contributed by atoms with Crippen molar-refractivity contribution in [2.45, 2.75) is 20.0 Å². The minimum absolute atomic E-state index is 0.304. The molecule has 0 N–H and O–H groups in total. The van der Waals surface area contributed by atoms with Crippen LogP contribution in [0.4, 0.5) is 0 Å². The fourth-order valence-corrected chi connectivity index (χ4v) is 1.15. The van der Waals surface area contributed by atoms with Gasteiger partial charge in [0.25, 0.3) is 0 Å². The van der Waals surface area contributed by atoms with E-state index in [0.29, 0.717) is 21.8 Å². The van der Waals surface area contributed by atoms with Gasteiger partial charge in [-0.3, -0.25) is 0 Å². The molecule has 0 aliphatic heterocycles. The van der Waals surface area contributed by atoms with Gasteiger partial charge >= 0.3 is 5.97 Å². The largest absolute Gasteiger partial charge is 0.525 e. The van der Waals surface area contributed by atoms with Gasteiger partial charge in [0.2, 0.25) is 10.5 Å². The lowest BCUT2D eigenvalue weighted by Gasteiger charge is -2.15. The lowest BCUT2D eigenvalue weighted by molar-refractivity contribution is -0.131. The van der Waals surface area contributed by atoms with E-state index >= 15 is 0 Å². The van der Waals surface area contributed by atoms with E-state index in [9.17, 15) is 4.79 Å². The van der Waals surface area contributed by atoms with Crippen LogP contribution in [0.1, 0.15) is 13.8 Å². The first-order valence-corrected chi connectivity index (χ1v) is 4.76. The summed E-state index contributed by atoms with van der Waals surface area (Å²) in [5, 5.41) is 0. The molecule has 0 fully saturated rings. The van der Waals surface area contributed by atoms with Crippen molar-refractivity contribution in [1.82, 2.24) is 0 Å². The van der Waals surface area contributed by atoms with Gasteiger partial charge in [-0.15, -0.1) is 0 Å². The van der Waals surface area contributed by atoms with Crippen molar-refractivity contribution >= 4 is 16.5 Å². The summed E-state index contributed by atoms with van der Waals surface area (Å²) in [4.78, 5) is 11.3. The molecular weight excluding hydrogens is 188 g/mol. The van der Waals surface area contributed by atoms with E-state index in [1.807, 2.05) is 0 Å². The highest BCUT2D eigenvalue weighted by Gasteiger charge is 2.20. The predicted octanol–water partition coefficient (Wildman–Crippen LogP) is -0.235. The number of rotatable bonds is 4. The molecule has 0 amide bonds. The molecule has 76 valence electrons. The molecule has 4 nitrogen and oxygen atoms in total. The second-order valence-electron chi connectivity index (χ2n) is 2.54. The van der Waals surface area contributed by atoms with Gasteiger partial charge in [-0.05, 0) is 13.8 Å². The fraction of sp³-hybridized carbons (Fsp3) is 0.625. The van der Waals surface area contributed by atoms with Crippen LogP contribution in [0.2, 0.25) is 0 Å². The highest BCUT2D eigenvalue weighted by atomic mass is 28.2. The summed E-state index contributed by atoms with van der Waals surface area (Å²) < 4.78 is 14.7. The van der Waals surface area contributed by atoms with Crippen LogP contribution in [-0.4, -0.2) is 36.8 Å². The van der Waals surface area contributed by atoms with Crippen molar-refractivity contribution in [3.63, 3.8) is 0 Å². The monoisotopic (exact) mass is 204 g/mol. The number of methoxy groups -OCH3 is 2. The molecule has 5 heteroatoms. The van der Waals surface area contributed by atoms with Gasteiger partial charge in [-0.25, -0.2) is 4.79 Å². The second-order valence-corrected chi connectivity index (χ2v) is 2.95. The van der Waals surface area contributed by atoms with E-state index < -0.39 is 0 Å². The highest BCUT2D eigenvalue weighted by Crippen LogP contribution is 2.13. The van der Waals surface area contributed by atoms with Crippen LogP contribution in [0.15, 0.2) is 11.3 Å². The smallest absolute Gasteiger partial charge is 0.326 e. The molecule has 0 radical (unpaired) electrons. The Balaban J connectivity index is 4.86. The maximum absolute atomic E-state index is 11.3. The van der Waals surface area contributed by atoms with Gasteiger partial charge in [-0.2, -0.15) is 0 Å². The zero-order valence-corrected chi connectivity index (χ0v) is 10.7. The number of hydrogen-bond donors (Lipinski definition) is 0. The number of carbonyl (C=O) groups excluding carboxylic acids is 1. The Morgan fingerprint density at radius 2 is 1.92 bits per heavy atom. The Hall–Kier alpha value is -0.813. The zero-order chi connectivity index (χ0) is 10.4. The SMILES string of the molecule is COC(C)=C(C(=O)O[SiH3])C(C)OC. The third-order valence-corrected chi connectivity index (χ3v) is 2.22. The van der Waals surface area contributed by atoms with Gasteiger partial charge in [0, 0.05) is 7.11 Å². The van der Waals surface area contributed by atoms with Crippen molar-refractivity contribution in [3.8, 4) is 0 Å². The molecule has 0 heterocycles. The van der Waals surface area contributed by atoms with E-state index in [1.165, 1.54) is 14.2 Å². The third-order valence-electron chi connectivity index (χ3n) is 1.85. The first kappa shape index (κ1) is 12.2. The molecule has 1 atom stereocenters. The van der Waals surface area contributed by atoms with Gasteiger partial charge < -0.3 is 13.9 Å². The highest BCUT2D eigenvalue weighted by molar-refractivity contribution is 6.09. The fourth-order valence-electron chi connectivity index (χ4n) is 0.934. The van der Waals surface area contributed by atoms with E-state index in [4.69, 9.17) is 13.9 Å². The topological polar surface area (TPSA) is 44.8 Å². The minimum Gasteiger partial charge on any atom is -0.525 e. The molecule has 0 aromatic rings. The van der Waals surface area contributed by atoms with Crippen molar-refractivity contribution in [3.05, 3.63) is 11.3 Å².